The number of anilines is 2. The van der Waals surface area contributed by atoms with Gasteiger partial charge in [-0.3, -0.25) is 9.78 Å². The van der Waals surface area contributed by atoms with E-state index < -0.39 is 38.0 Å². The number of halogens is 2. The van der Waals surface area contributed by atoms with Crippen LogP contribution in [0.1, 0.15) is 26.3 Å². The Morgan fingerprint density at radius 1 is 1.08 bits per heavy atom. The third-order valence-corrected chi connectivity index (χ3v) is 8.23. The first-order valence-corrected chi connectivity index (χ1v) is 13.1. The van der Waals surface area contributed by atoms with Crippen LogP contribution in [0.5, 0.6) is 0 Å². The van der Waals surface area contributed by atoms with Gasteiger partial charge >= 0.3 is 0 Å². The van der Waals surface area contributed by atoms with Gasteiger partial charge in [-0.1, -0.05) is 12.1 Å². The Morgan fingerprint density at radius 2 is 1.83 bits per heavy atom. The average molecular weight is 513 g/mol. The molecule has 2 aliphatic heterocycles. The Hall–Kier alpha value is -3.37. The number of carbonyl (C=O) groups is 1. The topological polar surface area (TPSA) is 96.6 Å². The Labute approximate surface area is 208 Å². The number of benzene rings is 2. The van der Waals surface area contributed by atoms with Crippen molar-refractivity contribution in [3.8, 4) is 11.3 Å². The van der Waals surface area contributed by atoms with Gasteiger partial charge in [0.1, 0.15) is 16.5 Å². The van der Waals surface area contributed by atoms with E-state index in [9.17, 15) is 17.6 Å². The van der Waals surface area contributed by atoms with Gasteiger partial charge in [0, 0.05) is 35.6 Å². The Kier molecular flexibility index (Phi) is 5.64. The number of primary sulfonamides is 1. The minimum absolute atomic E-state index is 0.222. The molecule has 0 radical (unpaired) electrons. The first-order chi connectivity index (χ1) is 16.9. The van der Waals surface area contributed by atoms with Gasteiger partial charge in [0.05, 0.1) is 17.3 Å². The maximum atomic E-state index is 15.2. The molecule has 1 aromatic heterocycles. The Bertz CT molecular complexity index is 1480. The van der Waals surface area contributed by atoms with E-state index in [1.54, 1.807) is 30.5 Å². The summed E-state index contributed by atoms with van der Waals surface area (Å²) >= 11 is 0. The fourth-order valence-electron chi connectivity index (χ4n) is 5.27. The lowest BCUT2D eigenvalue weighted by atomic mass is 9.75. The largest absolute Gasteiger partial charge is 0.362 e. The summed E-state index contributed by atoms with van der Waals surface area (Å²) in [5, 5.41) is 5.18. The van der Waals surface area contributed by atoms with Crippen molar-refractivity contribution in [3.63, 3.8) is 0 Å². The second kappa shape index (κ2) is 8.35. The predicted octanol–water partition coefficient (Wildman–Crippen LogP) is 3.87. The van der Waals surface area contributed by atoms with E-state index in [1.165, 1.54) is 11.0 Å². The van der Waals surface area contributed by atoms with Crippen molar-refractivity contribution in [1.29, 1.82) is 0 Å². The van der Waals surface area contributed by atoms with Crippen LogP contribution in [0.4, 0.5) is 20.2 Å². The van der Waals surface area contributed by atoms with Gasteiger partial charge in [-0.2, -0.15) is 0 Å². The summed E-state index contributed by atoms with van der Waals surface area (Å²) in [6.45, 7) is 5.85. The molecule has 5 rings (SSSR count). The highest BCUT2D eigenvalue weighted by Crippen LogP contribution is 2.45. The number of amides is 1. The third-order valence-electron chi connectivity index (χ3n) is 7.30. The number of rotatable bonds is 4. The highest BCUT2D eigenvalue weighted by atomic mass is 32.2. The molecule has 3 aromatic rings. The zero-order valence-electron chi connectivity index (χ0n) is 20.1. The van der Waals surface area contributed by atoms with Gasteiger partial charge in [0.2, 0.25) is 15.9 Å². The van der Waals surface area contributed by atoms with Crippen LogP contribution >= 0.6 is 0 Å². The smallest absolute Gasteiger partial charge is 0.241 e. The van der Waals surface area contributed by atoms with Gasteiger partial charge in [-0.15, -0.1) is 0 Å². The van der Waals surface area contributed by atoms with Crippen LogP contribution < -0.4 is 14.9 Å². The Balaban J connectivity index is 1.42. The number of nitrogens with zero attached hydrogens (tertiary/aromatic N) is 3. The molecular formula is C26H26F2N4O3S. The number of nitrogens with two attached hydrogens (primary N) is 1. The quantitative estimate of drug-likeness (QED) is 0.573. The van der Waals surface area contributed by atoms with E-state index >= 15 is 4.39 Å². The molecule has 0 spiro atoms. The maximum Gasteiger partial charge on any atom is 0.241 e. The highest BCUT2D eigenvalue weighted by molar-refractivity contribution is 7.89. The number of hydrogen-bond acceptors (Lipinski definition) is 5. The lowest BCUT2D eigenvalue weighted by Gasteiger charge is -2.56. The molecule has 0 bridgehead atoms. The lowest BCUT2D eigenvalue weighted by Crippen LogP contribution is -2.69. The molecule has 10 heteroatoms. The van der Waals surface area contributed by atoms with Gasteiger partial charge in [-0.05, 0) is 69.2 Å². The molecule has 7 nitrogen and oxygen atoms in total. The number of carbonyl (C=O) groups excluding carboxylic acids is 1. The molecule has 0 unspecified atom stereocenters. The summed E-state index contributed by atoms with van der Waals surface area (Å²) in [4.78, 5) is 20.7. The molecule has 1 amide bonds. The number of hydrogen-bond donors (Lipinski definition) is 1. The molecule has 0 saturated carbocycles. The molecule has 2 N–H and O–H groups in total. The molecule has 188 valence electrons. The SMILES string of the molecule is C[C@H]1Cc2cc(F)c(S(N)(=O)=O)cc2N1C(=O)[C@H]1CN(c2ccc(-c3ccccn3)cc2F)C1(C)C. The van der Waals surface area contributed by atoms with Gasteiger partial charge in [0.15, 0.2) is 0 Å². The first kappa shape index (κ1) is 24.3. The van der Waals surface area contributed by atoms with Crippen molar-refractivity contribution in [2.75, 3.05) is 16.3 Å². The molecular weight excluding hydrogens is 486 g/mol. The normalized spacial score (nSPS) is 20.7. The summed E-state index contributed by atoms with van der Waals surface area (Å²) in [5.74, 6) is -2.05. The molecule has 2 atom stereocenters. The summed E-state index contributed by atoms with van der Waals surface area (Å²) in [6, 6.07) is 12.3. The van der Waals surface area contributed by atoms with Crippen LogP contribution in [0.15, 0.2) is 59.6 Å². The molecule has 2 aliphatic rings. The van der Waals surface area contributed by atoms with Gasteiger partial charge in [-0.25, -0.2) is 22.3 Å². The molecule has 0 aliphatic carbocycles. The Morgan fingerprint density at radius 3 is 2.44 bits per heavy atom. The van der Waals surface area contributed by atoms with E-state index in [-0.39, 0.29) is 18.5 Å². The molecule has 1 fully saturated rings. The van der Waals surface area contributed by atoms with Crippen LogP contribution in [0.3, 0.4) is 0 Å². The van der Waals surface area contributed by atoms with E-state index in [2.05, 4.69) is 4.98 Å². The number of pyridine rings is 1. The third kappa shape index (κ3) is 3.84. The van der Waals surface area contributed by atoms with E-state index in [0.29, 0.717) is 34.6 Å². The van der Waals surface area contributed by atoms with Crippen molar-refractivity contribution < 1.29 is 22.0 Å². The summed E-state index contributed by atoms with van der Waals surface area (Å²) in [7, 11) is -4.30. The van der Waals surface area contributed by atoms with Crippen molar-refractivity contribution >= 4 is 27.3 Å². The number of aromatic nitrogens is 1. The second-order valence-corrected chi connectivity index (χ2v) is 11.4. The van der Waals surface area contributed by atoms with Crippen molar-refractivity contribution in [2.24, 2.45) is 11.1 Å². The molecule has 3 heterocycles. The fraction of sp³-hybridized carbons (Fsp3) is 0.308. The first-order valence-electron chi connectivity index (χ1n) is 11.6. The standard InChI is InChI=1S/C26H26F2N4O3S/c1-15-10-17-12-20(28)24(36(29,34)35)13-23(17)32(15)25(33)18-14-31(26(18,2)3)22-8-7-16(11-19(22)27)21-6-4-5-9-30-21/h4-9,11-13,15,18H,10,14H2,1-3H3,(H2,29,34,35)/t15-,18+/m0/s1. The number of sulfonamides is 1. The second-order valence-electron chi connectivity index (χ2n) is 9.92. The van der Waals surface area contributed by atoms with Crippen LogP contribution in [0, 0.1) is 17.6 Å². The summed E-state index contributed by atoms with van der Waals surface area (Å²) in [6.07, 6.45) is 2.04. The fourth-order valence-corrected chi connectivity index (χ4v) is 5.87. The van der Waals surface area contributed by atoms with Crippen LogP contribution in [0.2, 0.25) is 0 Å². The molecule has 36 heavy (non-hydrogen) atoms. The lowest BCUT2D eigenvalue weighted by molar-refractivity contribution is -0.126. The van der Waals surface area contributed by atoms with Gasteiger partial charge in [0.25, 0.3) is 0 Å². The molecule has 2 aromatic carbocycles. The average Bonchev–Trinajstić information content (AvgIpc) is 3.13. The summed E-state index contributed by atoms with van der Waals surface area (Å²) in [5.41, 5.74) is 1.88. The van der Waals surface area contributed by atoms with Crippen molar-refractivity contribution in [3.05, 3.63) is 71.9 Å². The summed E-state index contributed by atoms with van der Waals surface area (Å²) < 4.78 is 53.2. The highest BCUT2D eigenvalue weighted by Gasteiger charge is 2.53. The number of fused-ring (bicyclic) bond motifs is 1. The van der Waals surface area contributed by atoms with Gasteiger partial charge < -0.3 is 9.80 Å². The van der Waals surface area contributed by atoms with Crippen LogP contribution in [-0.2, 0) is 21.2 Å². The van der Waals surface area contributed by atoms with Crippen LogP contribution in [0.25, 0.3) is 11.3 Å². The van der Waals surface area contributed by atoms with E-state index in [4.69, 9.17) is 5.14 Å². The van der Waals surface area contributed by atoms with E-state index in [1.807, 2.05) is 31.7 Å². The molecule has 1 saturated heterocycles. The minimum atomic E-state index is -4.30. The maximum absolute atomic E-state index is 15.2. The minimum Gasteiger partial charge on any atom is -0.362 e. The van der Waals surface area contributed by atoms with E-state index in [0.717, 1.165) is 12.1 Å². The monoisotopic (exact) mass is 512 g/mol. The zero-order valence-corrected chi connectivity index (χ0v) is 20.9. The van der Waals surface area contributed by atoms with Crippen LogP contribution in [-0.4, -0.2) is 37.4 Å². The van der Waals surface area contributed by atoms with Crippen molar-refractivity contribution in [1.82, 2.24) is 4.98 Å². The zero-order chi connectivity index (χ0) is 26.0. The van der Waals surface area contributed by atoms with Crippen molar-refractivity contribution in [2.45, 2.75) is 43.7 Å². The predicted molar refractivity (Wildman–Crippen MR) is 133 cm³/mol.